The Hall–Kier alpha value is -3.15. The molecule has 0 aliphatic heterocycles. The molecule has 0 fully saturated rings. The number of rotatable bonds is 51. The van der Waals surface area contributed by atoms with Crippen molar-refractivity contribution in [3.05, 3.63) is 72.9 Å². The number of unbranched alkanes of at least 4 members (excludes halogenated alkanes) is 28. The second kappa shape index (κ2) is 55.4. The van der Waals surface area contributed by atoms with Crippen LogP contribution in [0.3, 0.4) is 0 Å². The van der Waals surface area contributed by atoms with E-state index in [1.165, 1.54) is 128 Å². The Bertz CT molecular complexity index is 1260. The summed E-state index contributed by atoms with van der Waals surface area (Å²) in [5.41, 5.74) is 0. The lowest BCUT2D eigenvalue weighted by molar-refractivity contribution is -0.167. The van der Waals surface area contributed by atoms with Crippen molar-refractivity contribution >= 4 is 17.9 Å². The number of carbonyl (C=O) groups is 3. The van der Waals surface area contributed by atoms with Gasteiger partial charge in [-0.25, -0.2) is 0 Å². The molecule has 0 aromatic carbocycles. The predicted octanol–water partition coefficient (Wildman–Crippen LogP) is 19.0. The lowest BCUT2D eigenvalue weighted by Crippen LogP contribution is -2.30. The fourth-order valence-electron chi connectivity index (χ4n) is 7.87. The van der Waals surface area contributed by atoms with E-state index in [2.05, 4.69) is 93.7 Å². The summed E-state index contributed by atoms with van der Waals surface area (Å²) in [4.78, 5) is 37.8. The summed E-state index contributed by atoms with van der Waals surface area (Å²) < 4.78 is 16.7. The van der Waals surface area contributed by atoms with E-state index in [0.29, 0.717) is 19.3 Å². The van der Waals surface area contributed by atoms with Crippen LogP contribution in [0.2, 0.25) is 0 Å². The zero-order valence-corrected chi connectivity index (χ0v) is 44.2. The average molecular weight is 936 g/mol. The Balaban J connectivity index is 4.16. The molecule has 0 bridgehead atoms. The van der Waals surface area contributed by atoms with Crippen LogP contribution in [0.25, 0.3) is 0 Å². The Labute approximate surface area is 414 Å². The van der Waals surface area contributed by atoms with E-state index in [1.54, 1.807) is 0 Å². The number of ether oxygens (including phenoxy) is 3. The molecule has 0 spiro atoms. The molecule has 0 amide bonds. The Morgan fingerprint density at radius 1 is 0.299 bits per heavy atom. The summed E-state index contributed by atoms with van der Waals surface area (Å²) >= 11 is 0. The molecule has 0 aliphatic rings. The van der Waals surface area contributed by atoms with Crippen LogP contribution >= 0.6 is 0 Å². The van der Waals surface area contributed by atoms with Crippen LogP contribution in [0.4, 0.5) is 0 Å². The van der Waals surface area contributed by atoms with E-state index in [9.17, 15) is 14.4 Å². The van der Waals surface area contributed by atoms with Crippen LogP contribution in [-0.4, -0.2) is 37.2 Å². The zero-order chi connectivity index (χ0) is 48.6. The molecule has 386 valence electrons. The summed E-state index contributed by atoms with van der Waals surface area (Å²) in [6, 6.07) is 0. The highest BCUT2D eigenvalue weighted by atomic mass is 16.6. The zero-order valence-electron chi connectivity index (χ0n) is 44.2. The molecule has 0 radical (unpaired) electrons. The van der Waals surface area contributed by atoms with Gasteiger partial charge in [0.1, 0.15) is 13.2 Å². The third-order valence-electron chi connectivity index (χ3n) is 12.2. The molecule has 0 rings (SSSR count). The van der Waals surface area contributed by atoms with Gasteiger partial charge in [-0.05, 0) is 96.3 Å². The van der Waals surface area contributed by atoms with Crippen LogP contribution in [0.15, 0.2) is 72.9 Å². The molecule has 0 N–H and O–H groups in total. The first-order valence-electron chi connectivity index (χ1n) is 28.4. The molecule has 67 heavy (non-hydrogen) atoms. The van der Waals surface area contributed by atoms with Gasteiger partial charge in [-0.3, -0.25) is 14.4 Å². The van der Waals surface area contributed by atoms with Crippen molar-refractivity contribution in [2.24, 2.45) is 0 Å². The average Bonchev–Trinajstić information content (AvgIpc) is 3.33. The van der Waals surface area contributed by atoms with Crippen molar-refractivity contribution in [3.8, 4) is 0 Å². The maximum absolute atomic E-state index is 12.8. The van der Waals surface area contributed by atoms with Gasteiger partial charge < -0.3 is 14.2 Å². The second-order valence-electron chi connectivity index (χ2n) is 18.8. The molecule has 6 heteroatoms. The fraction of sp³-hybridized carbons (Fsp3) is 0.754. The molecule has 0 saturated heterocycles. The molecular weight excluding hydrogens is 829 g/mol. The highest BCUT2D eigenvalue weighted by molar-refractivity contribution is 5.71. The van der Waals surface area contributed by atoms with Gasteiger partial charge in [0.15, 0.2) is 6.10 Å². The molecule has 0 aromatic rings. The van der Waals surface area contributed by atoms with Gasteiger partial charge in [0.05, 0.1) is 0 Å². The number of allylic oxidation sites excluding steroid dienone is 12. The van der Waals surface area contributed by atoms with Crippen LogP contribution in [-0.2, 0) is 28.6 Å². The molecule has 6 nitrogen and oxygen atoms in total. The maximum Gasteiger partial charge on any atom is 0.306 e. The lowest BCUT2D eigenvalue weighted by atomic mass is 10.1. The molecule has 1 unspecified atom stereocenters. The second-order valence-corrected chi connectivity index (χ2v) is 18.8. The summed E-state index contributed by atoms with van der Waals surface area (Å²) in [7, 11) is 0. The van der Waals surface area contributed by atoms with Gasteiger partial charge in [0.25, 0.3) is 0 Å². The van der Waals surface area contributed by atoms with Crippen LogP contribution < -0.4 is 0 Å². The van der Waals surface area contributed by atoms with Crippen molar-refractivity contribution in [2.45, 2.75) is 284 Å². The summed E-state index contributed by atoms with van der Waals surface area (Å²) in [6.45, 7) is 6.53. The summed E-state index contributed by atoms with van der Waals surface area (Å²) in [6.07, 6.45) is 70.7. The van der Waals surface area contributed by atoms with Crippen molar-refractivity contribution in [1.82, 2.24) is 0 Å². The quantitative estimate of drug-likeness (QED) is 0.0262. The minimum Gasteiger partial charge on any atom is -0.462 e. The first-order chi connectivity index (χ1) is 33.0. The van der Waals surface area contributed by atoms with Crippen LogP contribution in [0, 0.1) is 0 Å². The highest BCUT2D eigenvalue weighted by Gasteiger charge is 2.19. The molecule has 0 heterocycles. The Morgan fingerprint density at radius 2 is 0.537 bits per heavy atom. The van der Waals surface area contributed by atoms with Gasteiger partial charge in [-0.15, -0.1) is 0 Å². The van der Waals surface area contributed by atoms with Gasteiger partial charge in [0.2, 0.25) is 0 Å². The predicted molar refractivity (Wildman–Crippen MR) is 288 cm³/mol. The van der Waals surface area contributed by atoms with Crippen molar-refractivity contribution in [3.63, 3.8) is 0 Å². The number of esters is 3. The van der Waals surface area contributed by atoms with E-state index in [4.69, 9.17) is 14.2 Å². The first kappa shape index (κ1) is 63.8. The Kier molecular flexibility index (Phi) is 52.8. The first-order valence-corrected chi connectivity index (χ1v) is 28.4. The standard InChI is InChI=1S/C61H106O6/c1-4-7-10-13-15-17-19-21-23-25-27-29-30-32-33-35-37-39-41-43-45-48-51-54-60(63)66-57-58(56-65-59(62)53-50-47-12-9-6-3)67-61(64)55-52-49-46-44-42-40-38-36-34-31-28-26-24-22-20-18-16-14-11-8-5-2/h19-22,25-28,30,32,34,36,58H,4-18,23-24,29,31,33,35,37-57H2,1-3H3/b21-19-,22-20-,27-25-,28-26-,32-30-,36-34-. The minimum atomic E-state index is -0.782. The van der Waals surface area contributed by atoms with Gasteiger partial charge >= 0.3 is 17.9 Å². The molecular formula is C61H106O6. The van der Waals surface area contributed by atoms with Gasteiger partial charge in [-0.1, -0.05) is 235 Å². The van der Waals surface area contributed by atoms with Crippen LogP contribution in [0.1, 0.15) is 278 Å². The molecule has 0 aromatic heterocycles. The van der Waals surface area contributed by atoms with E-state index >= 15 is 0 Å². The van der Waals surface area contributed by atoms with Crippen LogP contribution in [0.5, 0.6) is 0 Å². The van der Waals surface area contributed by atoms with Crippen molar-refractivity contribution < 1.29 is 28.6 Å². The normalized spacial score (nSPS) is 12.6. The minimum absolute atomic E-state index is 0.0841. The van der Waals surface area contributed by atoms with Gasteiger partial charge in [-0.2, -0.15) is 0 Å². The van der Waals surface area contributed by atoms with Crippen molar-refractivity contribution in [1.29, 1.82) is 0 Å². The molecule has 0 aliphatic carbocycles. The third kappa shape index (κ3) is 53.7. The number of carbonyl (C=O) groups excluding carboxylic acids is 3. The lowest BCUT2D eigenvalue weighted by Gasteiger charge is -2.18. The maximum atomic E-state index is 12.8. The van der Waals surface area contributed by atoms with Crippen molar-refractivity contribution in [2.75, 3.05) is 13.2 Å². The van der Waals surface area contributed by atoms with E-state index in [1.807, 2.05) is 0 Å². The number of hydrogen-bond donors (Lipinski definition) is 0. The topological polar surface area (TPSA) is 78.9 Å². The smallest absolute Gasteiger partial charge is 0.306 e. The molecule has 1 atom stereocenters. The molecule has 0 saturated carbocycles. The monoisotopic (exact) mass is 935 g/mol. The van der Waals surface area contributed by atoms with Gasteiger partial charge in [0, 0.05) is 19.3 Å². The SMILES string of the molecule is CCCCCCC/C=C\C/C=C\C/C=C\CCCCCCCCCCC(=O)OCC(COC(=O)CCCCCCC)OC(=O)CCCCCCCC/C=C\C/C=C\C/C=C\CCCCCCC. The third-order valence-corrected chi connectivity index (χ3v) is 12.2. The van der Waals surface area contributed by atoms with E-state index in [-0.39, 0.29) is 31.1 Å². The summed E-state index contributed by atoms with van der Waals surface area (Å²) in [5.74, 6) is -0.913. The summed E-state index contributed by atoms with van der Waals surface area (Å²) in [5, 5.41) is 0. The number of hydrogen-bond acceptors (Lipinski definition) is 6. The van der Waals surface area contributed by atoms with E-state index in [0.717, 1.165) is 109 Å². The fourth-order valence-corrected chi connectivity index (χ4v) is 7.87. The van der Waals surface area contributed by atoms with E-state index < -0.39 is 6.10 Å². The highest BCUT2D eigenvalue weighted by Crippen LogP contribution is 2.14. The largest absolute Gasteiger partial charge is 0.462 e. The Morgan fingerprint density at radius 3 is 0.836 bits per heavy atom.